The van der Waals surface area contributed by atoms with Crippen molar-refractivity contribution in [2.75, 3.05) is 5.32 Å². The van der Waals surface area contributed by atoms with Crippen LogP contribution in [0.1, 0.15) is 56.0 Å². The van der Waals surface area contributed by atoms with Gasteiger partial charge in [0.1, 0.15) is 11.1 Å². The molecular weight excluding hydrogens is 442 g/mol. The summed E-state index contributed by atoms with van der Waals surface area (Å²) in [7, 11) is 0. The van der Waals surface area contributed by atoms with Gasteiger partial charge in [-0.05, 0) is 56.2 Å². The molecule has 1 aliphatic carbocycles. The molecule has 1 aliphatic rings. The summed E-state index contributed by atoms with van der Waals surface area (Å²) in [6.45, 7) is 6.82. The number of amides is 1. The van der Waals surface area contributed by atoms with Crippen LogP contribution in [-0.4, -0.2) is 25.9 Å². The lowest BCUT2D eigenvalue weighted by atomic mass is 10.1. The molecular formula is C23H27N5O2S2. The molecule has 9 heteroatoms. The summed E-state index contributed by atoms with van der Waals surface area (Å²) in [5.41, 5.74) is 1.77. The average Bonchev–Trinajstić information content (AvgIpc) is 3.44. The van der Waals surface area contributed by atoms with Gasteiger partial charge in [-0.25, -0.2) is 0 Å². The molecule has 32 heavy (non-hydrogen) atoms. The zero-order chi connectivity index (χ0) is 22.7. The van der Waals surface area contributed by atoms with Gasteiger partial charge in [0.05, 0.1) is 17.1 Å². The third-order valence-corrected chi connectivity index (χ3v) is 7.72. The molecule has 1 unspecified atom stereocenters. The first-order valence-corrected chi connectivity index (χ1v) is 12.7. The highest BCUT2D eigenvalue weighted by Crippen LogP contribution is 2.37. The molecule has 0 aromatic carbocycles. The van der Waals surface area contributed by atoms with Crippen molar-refractivity contribution in [2.24, 2.45) is 5.92 Å². The molecule has 7 nitrogen and oxygen atoms in total. The Kier molecular flexibility index (Phi) is 7.01. The Morgan fingerprint density at radius 2 is 2.12 bits per heavy atom. The number of anilines is 1. The molecule has 1 amide bonds. The number of aromatic nitrogens is 3. The first kappa shape index (κ1) is 22.6. The third-order valence-electron chi connectivity index (χ3n) is 5.43. The molecule has 168 valence electrons. The van der Waals surface area contributed by atoms with Crippen LogP contribution in [0.2, 0.25) is 0 Å². The van der Waals surface area contributed by atoms with Gasteiger partial charge in [-0.2, -0.15) is 5.26 Å². The highest BCUT2D eigenvalue weighted by Gasteiger charge is 2.25. The second kappa shape index (κ2) is 9.92. The van der Waals surface area contributed by atoms with Crippen LogP contribution in [0.5, 0.6) is 0 Å². The maximum atomic E-state index is 13.0. The molecule has 0 fully saturated rings. The molecule has 3 aromatic rings. The number of thioether (sulfide) groups is 1. The van der Waals surface area contributed by atoms with E-state index in [4.69, 9.17) is 4.42 Å². The van der Waals surface area contributed by atoms with Crippen molar-refractivity contribution >= 4 is 34.0 Å². The van der Waals surface area contributed by atoms with E-state index in [0.29, 0.717) is 33.2 Å². The maximum absolute atomic E-state index is 13.0. The number of furan rings is 1. The van der Waals surface area contributed by atoms with Crippen molar-refractivity contribution in [1.82, 2.24) is 14.8 Å². The third kappa shape index (κ3) is 4.76. The number of fused-ring (bicyclic) bond motifs is 1. The van der Waals surface area contributed by atoms with Crippen LogP contribution in [0.25, 0.3) is 11.6 Å². The number of hydrogen-bond donors (Lipinski definition) is 1. The molecule has 1 N–H and O–H groups in total. The second-order valence-electron chi connectivity index (χ2n) is 8.42. The molecule has 4 rings (SSSR count). The first-order chi connectivity index (χ1) is 15.5. The van der Waals surface area contributed by atoms with E-state index in [9.17, 15) is 10.1 Å². The lowest BCUT2D eigenvalue weighted by Crippen LogP contribution is -2.23. The van der Waals surface area contributed by atoms with E-state index in [1.807, 2.05) is 23.6 Å². The fourth-order valence-electron chi connectivity index (χ4n) is 3.87. The van der Waals surface area contributed by atoms with Gasteiger partial charge in [0.2, 0.25) is 5.91 Å². The molecule has 3 aromatic heterocycles. The fraction of sp³-hybridized carbons (Fsp3) is 0.478. The topological polar surface area (TPSA) is 96.7 Å². The van der Waals surface area contributed by atoms with E-state index in [1.54, 1.807) is 17.6 Å². The summed E-state index contributed by atoms with van der Waals surface area (Å²) in [6.07, 6.45) is 6.95. The smallest absolute Gasteiger partial charge is 0.238 e. The normalized spacial score (nSPS) is 14.6. The maximum Gasteiger partial charge on any atom is 0.238 e. The van der Waals surface area contributed by atoms with Gasteiger partial charge < -0.3 is 9.73 Å². The molecule has 0 saturated heterocycles. The minimum absolute atomic E-state index is 0.137. The fourth-order valence-corrected chi connectivity index (χ4v) is 5.97. The van der Waals surface area contributed by atoms with Crippen LogP contribution in [0.3, 0.4) is 0 Å². The lowest BCUT2D eigenvalue weighted by Gasteiger charge is -2.14. The lowest BCUT2D eigenvalue weighted by molar-refractivity contribution is -0.115. The van der Waals surface area contributed by atoms with Gasteiger partial charge in [-0.15, -0.1) is 21.5 Å². The van der Waals surface area contributed by atoms with Gasteiger partial charge in [0, 0.05) is 11.4 Å². The Bertz CT molecular complexity index is 1120. The average molecular weight is 470 g/mol. The minimum Gasteiger partial charge on any atom is -0.461 e. The predicted octanol–water partition coefficient (Wildman–Crippen LogP) is 5.52. The molecule has 0 bridgehead atoms. The number of hydrogen-bond acceptors (Lipinski definition) is 7. The summed E-state index contributed by atoms with van der Waals surface area (Å²) in [6, 6.07) is 6.01. The molecule has 0 saturated carbocycles. The summed E-state index contributed by atoms with van der Waals surface area (Å²) in [5.74, 6) is 1.55. The standard InChI is InChI=1S/C23H27N5O2S2/c1-14(2)13-28-20(18-9-7-11-30-18)26-27-23(28)31-15(3)21(29)25-22-17(12-24)16-8-5-4-6-10-19(16)32-22/h7,9,11,14-15H,4-6,8,10,13H2,1-3H3,(H,25,29). The van der Waals surface area contributed by atoms with Crippen molar-refractivity contribution in [2.45, 2.75) is 69.8 Å². The summed E-state index contributed by atoms with van der Waals surface area (Å²) in [5, 5.41) is 22.3. The van der Waals surface area contributed by atoms with Gasteiger partial charge >= 0.3 is 0 Å². The van der Waals surface area contributed by atoms with Crippen LogP contribution in [0.15, 0.2) is 28.0 Å². The van der Waals surface area contributed by atoms with Crippen LogP contribution in [0, 0.1) is 17.2 Å². The zero-order valence-electron chi connectivity index (χ0n) is 18.6. The molecule has 1 atom stereocenters. The van der Waals surface area contributed by atoms with Crippen LogP contribution in [-0.2, 0) is 24.2 Å². The first-order valence-electron chi connectivity index (χ1n) is 11.0. The minimum atomic E-state index is -0.400. The predicted molar refractivity (Wildman–Crippen MR) is 127 cm³/mol. The van der Waals surface area contributed by atoms with E-state index >= 15 is 0 Å². The number of carbonyl (C=O) groups is 1. The van der Waals surface area contributed by atoms with Crippen molar-refractivity contribution < 1.29 is 9.21 Å². The Morgan fingerprint density at radius 1 is 1.31 bits per heavy atom. The number of nitrogens with zero attached hydrogens (tertiary/aromatic N) is 4. The Balaban J connectivity index is 1.52. The Morgan fingerprint density at radius 3 is 2.84 bits per heavy atom. The van der Waals surface area contributed by atoms with Crippen LogP contribution < -0.4 is 5.32 Å². The molecule has 0 spiro atoms. The number of nitriles is 1. The van der Waals surface area contributed by atoms with E-state index in [1.165, 1.54) is 23.1 Å². The van der Waals surface area contributed by atoms with E-state index in [-0.39, 0.29) is 5.91 Å². The second-order valence-corrected chi connectivity index (χ2v) is 10.8. The molecule has 3 heterocycles. The van der Waals surface area contributed by atoms with Gasteiger partial charge in [-0.3, -0.25) is 9.36 Å². The zero-order valence-corrected chi connectivity index (χ0v) is 20.2. The number of aryl methyl sites for hydroxylation is 1. The van der Waals surface area contributed by atoms with Crippen molar-refractivity contribution in [3.8, 4) is 17.7 Å². The highest BCUT2D eigenvalue weighted by molar-refractivity contribution is 8.00. The highest BCUT2D eigenvalue weighted by atomic mass is 32.2. The number of thiophene rings is 1. The van der Waals surface area contributed by atoms with E-state index in [2.05, 4.69) is 35.4 Å². The quantitative estimate of drug-likeness (QED) is 0.362. The van der Waals surface area contributed by atoms with Crippen molar-refractivity contribution in [3.05, 3.63) is 34.4 Å². The SMILES string of the molecule is CC(C)Cn1c(SC(C)C(=O)Nc2sc3c(c2C#N)CCCCC3)nnc1-c1ccco1. The van der Waals surface area contributed by atoms with Crippen LogP contribution >= 0.6 is 23.1 Å². The van der Waals surface area contributed by atoms with E-state index in [0.717, 1.165) is 37.8 Å². The van der Waals surface area contributed by atoms with Crippen LogP contribution in [0.4, 0.5) is 5.00 Å². The van der Waals surface area contributed by atoms with E-state index < -0.39 is 5.25 Å². The summed E-state index contributed by atoms with van der Waals surface area (Å²) < 4.78 is 7.53. The van der Waals surface area contributed by atoms with Crippen molar-refractivity contribution in [1.29, 1.82) is 5.26 Å². The Hall–Kier alpha value is -2.57. The van der Waals surface area contributed by atoms with Gasteiger partial charge in [0.15, 0.2) is 16.7 Å². The largest absolute Gasteiger partial charge is 0.461 e. The Labute approximate surface area is 196 Å². The number of rotatable bonds is 7. The van der Waals surface area contributed by atoms with Gasteiger partial charge in [-0.1, -0.05) is 32.0 Å². The number of carbonyl (C=O) groups excluding carboxylic acids is 1. The number of nitrogens with one attached hydrogen (secondary N) is 1. The van der Waals surface area contributed by atoms with Gasteiger partial charge in [0.25, 0.3) is 0 Å². The summed E-state index contributed by atoms with van der Waals surface area (Å²) in [4.78, 5) is 14.3. The monoisotopic (exact) mass is 469 g/mol. The molecule has 0 radical (unpaired) electrons. The summed E-state index contributed by atoms with van der Waals surface area (Å²) >= 11 is 2.92. The molecule has 0 aliphatic heterocycles. The van der Waals surface area contributed by atoms with Crippen molar-refractivity contribution in [3.63, 3.8) is 0 Å².